The normalized spacial score (nSPS) is 12.3. The fraction of sp³-hybridized carbons (Fsp3) is 0.150. The highest BCUT2D eigenvalue weighted by Gasteiger charge is 2.33. The van der Waals surface area contributed by atoms with Crippen molar-refractivity contribution in [1.82, 2.24) is 9.46 Å². The Labute approximate surface area is 166 Å². The number of benzene rings is 2. The van der Waals surface area contributed by atoms with Gasteiger partial charge in [-0.05, 0) is 18.2 Å². The summed E-state index contributed by atoms with van der Waals surface area (Å²) in [5, 5.41) is 3.88. The van der Waals surface area contributed by atoms with Gasteiger partial charge in [-0.25, -0.2) is 8.42 Å². The van der Waals surface area contributed by atoms with Gasteiger partial charge in [0.05, 0.1) is 22.7 Å². The van der Waals surface area contributed by atoms with Gasteiger partial charge in [0.15, 0.2) is 5.76 Å². The summed E-state index contributed by atoms with van der Waals surface area (Å²) in [5.74, 6) is 0.454. The third-order valence-corrected chi connectivity index (χ3v) is 5.90. The zero-order chi connectivity index (χ0) is 21.1. The summed E-state index contributed by atoms with van der Waals surface area (Å²) in [6.07, 6.45) is -3.30. The molecule has 2 aromatic carbocycles. The molecule has 152 valence electrons. The lowest BCUT2D eigenvalue weighted by molar-refractivity contribution is -0.137. The van der Waals surface area contributed by atoms with Crippen molar-refractivity contribution in [2.75, 3.05) is 6.54 Å². The first-order valence-electron chi connectivity index (χ1n) is 8.51. The molecular weight excluding hydrogens is 405 g/mol. The van der Waals surface area contributed by atoms with Crippen LogP contribution in [0.5, 0.6) is 0 Å². The minimum absolute atomic E-state index is 0.105. The molecule has 0 aliphatic heterocycles. The summed E-state index contributed by atoms with van der Waals surface area (Å²) < 4.78 is 71.0. The van der Waals surface area contributed by atoms with Crippen LogP contribution in [-0.4, -0.2) is 24.4 Å². The second kappa shape index (κ2) is 8.22. The van der Waals surface area contributed by atoms with Crippen LogP contribution in [0.3, 0.4) is 0 Å². The van der Waals surface area contributed by atoms with Crippen LogP contribution in [0.15, 0.2) is 82.7 Å². The van der Waals surface area contributed by atoms with E-state index in [4.69, 9.17) is 4.52 Å². The van der Waals surface area contributed by atoms with E-state index in [1.165, 1.54) is 6.08 Å². The molecule has 0 atom stereocenters. The lowest BCUT2D eigenvalue weighted by Crippen LogP contribution is -2.31. The predicted molar refractivity (Wildman–Crippen MR) is 101 cm³/mol. The molecule has 3 rings (SSSR count). The quantitative estimate of drug-likeness (QED) is 0.516. The lowest BCUT2D eigenvalue weighted by atomic mass is 10.2. The Balaban J connectivity index is 1.90. The molecular formula is C20H17F3N2O3S. The van der Waals surface area contributed by atoms with Crippen LogP contribution in [-0.2, 0) is 22.7 Å². The minimum Gasteiger partial charge on any atom is -0.356 e. The van der Waals surface area contributed by atoms with Crippen molar-refractivity contribution in [3.8, 4) is 11.3 Å². The molecule has 0 aliphatic rings. The van der Waals surface area contributed by atoms with Gasteiger partial charge >= 0.3 is 6.18 Å². The smallest absolute Gasteiger partial charge is 0.356 e. The molecule has 1 aromatic heterocycles. The maximum atomic E-state index is 13.0. The molecule has 0 N–H and O–H groups in total. The van der Waals surface area contributed by atoms with E-state index in [2.05, 4.69) is 11.7 Å². The predicted octanol–water partition coefficient (Wildman–Crippen LogP) is 4.74. The number of alkyl halides is 3. The Hall–Kier alpha value is -2.91. The van der Waals surface area contributed by atoms with Gasteiger partial charge in [0.2, 0.25) is 10.0 Å². The van der Waals surface area contributed by atoms with Gasteiger partial charge in [0, 0.05) is 18.2 Å². The summed E-state index contributed by atoms with van der Waals surface area (Å²) >= 11 is 0. The van der Waals surface area contributed by atoms with Gasteiger partial charge < -0.3 is 4.52 Å². The molecule has 0 saturated carbocycles. The van der Waals surface area contributed by atoms with Crippen molar-refractivity contribution in [1.29, 1.82) is 0 Å². The molecule has 0 unspecified atom stereocenters. The molecule has 0 bridgehead atoms. The number of aromatic nitrogens is 1. The SMILES string of the molecule is C=CCN(Cc1cc(-c2ccccc2)on1)S(=O)(=O)c1cccc(C(F)(F)F)c1. The van der Waals surface area contributed by atoms with Crippen molar-refractivity contribution in [2.45, 2.75) is 17.6 Å². The summed E-state index contributed by atoms with van der Waals surface area (Å²) in [4.78, 5) is -0.457. The number of rotatable bonds is 7. The van der Waals surface area contributed by atoms with E-state index in [0.717, 1.165) is 28.1 Å². The number of hydrogen-bond donors (Lipinski definition) is 0. The summed E-state index contributed by atoms with van der Waals surface area (Å²) in [6.45, 7) is 3.24. The van der Waals surface area contributed by atoms with Gasteiger partial charge in [-0.1, -0.05) is 47.6 Å². The van der Waals surface area contributed by atoms with E-state index in [0.29, 0.717) is 17.5 Å². The second-order valence-electron chi connectivity index (χ2n) is 6.16. The molecule has 9 heteroatoms. The van der Waals surface area contributed by atoms with Crippen LogP contribution in [0.4, 0.5) is 13.2 Å². The maximum Gasteiger partial charge on any atom is 0.416 e. The van der Waals surface area contributed by atoms with Crippen LogP contribution >= 0.6 is 0 Å². The third-order valence-electron chi connectivity index (χ3n) is 4.09. The Morgan fingerprint density at radius 3 is 2.45 bits per heavy atom. The minimum atomic E-state index is -4.65. The topological polar surface area (TPSA) is 63.4 Å². The Bertz CT molecular complexity index is 1090. The average Bonchev–Trinajstić information content (AvgIpc) is 3.16. The van der Waals surface area contributed by atoms with Crippen molar-refractivity contribution in [3.05, 3.63) is 84.6 Å². The molecule has 0 saturated heterocycles. The van der Waals surface area contributed by atoms with E-state index in [9.17, 15) is 21.6 Å². The number of sulfonamides is 1. The summed E-state index contributed by atoms with van der Waals surface area (Å²) in [6, 6.07) is 14.3. The van der Waals surface area contributed by atoms with Crippen LogP contribution < -0.4 is 0 Å². The number of hydrogen-bond acceptors (Lipinski definition) is 4. The van der Waals surface area contributed by atoms with Gasteiger partial charge in [0.1, 0.15) is 0 Å². The molecule has 0 aliphatic carbocycles. The summed E-state index contributed by atoms with van der Waals surface area (Å²) in [7, 11) is -4.22. The van der Waals surface area contributed by atoms with Gasteiger partial charge in [-0.15, -0.1) is 6.58 Å². The molecule has 0 radical (unpaired) electrons. The van der Waals surface area contributed by atoms with Gasteiger partial charge in [-0.3, -0.25) is 0 Å². The first kappa shape index (κ1) is 20.8. The highest BCUT2D eigenvalue weighted by Crippen LogP contribution is 2.31. The van der Waals surface area contributed by atoms with E-state index < -0.39 is 26.7 Å². The van der Waals surface area contributed by atoms with Crippen molar-refractivity contribution < 1.29 is 26.1 Å². The lowest BCUT2D eigenvalue weighted by Gasteiger charge is -2.20. The molecule has 5 nitrogen and oxygen atoms in total. The van der Waals surface area contributed by atoms with Crippen LogP contribution in [0.1, 0.15) is 11.3 Å². The summed E-state index contributed by atoms with van der Waals surface area (Å²) in [5.41, 5.74) is 0.0495. The largest absolute Gasteiger partial charge is 0.416 e. The fourth-order valence-corrected chi connectivity index (χ4v) is 4.11. The third kappa shape index (κ3) is 4.75. The van der Waals surface area contributed by atoms with Crippen molar-refractivity contribution in [2.24, 2.45) is 0 Å². The zero-order valence-corrected chi connectivity index (χ0v) is 15.9. The Morgan fingerprint density at radius 2 is 1.79 bits per heavy atom. The van der Waals surface area contributed by atoms with E-state index >= 15 is 0 Å². The average molecular weight is 422 g/mol. The fourth-order valence-electron chi connectivity index (χ4n) is 2.68. The van der Waals surface area contributed by atoms with Crippen molar-refractivity contribution >= 4 is 10.0 Å². The standard InChI is InChI=1S/C20H17F3N2O3S/c1-2-11-25(14-17-13-19(28-24-17)15-7-4-3-5-8-15)29(26,27)18-10-6-9-16(12-18)20(21,22)23/h2-10,12-13H,1,11,14H2. The molecule has 0 spiro atoms. The van der Waals surface area contributed by atoms with Gasteiger partial charge in [-0.2, -0.15) is 17.5 Å². The number of halogens is 3. The molecule has 0 fully saturated rings. The van der Waals surface area contributed by atoms with Crippen LogP contribution in [0.2, 0.25) is 0 Å². The van der Waals surface area contributed by atoms with Crippen molar-refractivity contribution in [3.63, 3.8) is 0 Å². The molecule has 3 aromatic rings. The van der Waals surface area contributed by atoms with E-state index in [-0.39, 0.29) is 13.1 Å². The first-order valence-corrected chi connectivity index (χ1v) is 9.95. The maximum absolute atomic E-state index is 13.0. The zero-order valence-electron chi connectivity index (χ0n) is 15.1. The highest BCUT2D eigenvalue weighted by atomic mass is 32.2. The highest BCUT2D eigenvalue weighted by molar-refractivity contribution is 7.89. The second-order valence-corrected chi connectivity index (χ2v) is 8.10. The van der Waals surface area contributed by atoms with Crippen LogP contribution in [0, 0.1) is 0 Å². The van der Waals surface area contributed by atoms with Crippen LogP contribution in [0.25, 0.3) is 11.3 Å². The molecule has 1 heterocycles. The number of nitrogens with zero attached hydrogens (tertiary/aromatic N) is 2. The monoisotopic (exact) mass is 422 g/mol. The van der Waals surface area contributed by atoms with E-state index in [1.54, 1.807) is 6.07 Å². The van der Waals surface area contributed by atoms with Gasteiger partial charge in [0.25, 0.3) is 0 Å². The van der Waals surface area contributed by atoms with E-state index in [1.807, 2.05) is 30.3 Å². The molecule has 29 heavy (non-hydrogen) atoms. The Kier molecular flexibility index (Phi) is 5.90. The molecule has 0 amide bonds. The first-order chi connectivity index (χ1) is 13.7. The Morgan fingerprint density at radius 1 is 1.07 bits per heavy atom.